The van der Waals surface area contributed by atoms with Crippen molar-refractivity contribution in [1.82, 2.24) is 9.71 Å². The minimum Gasteiger partial charge on any atom is -0.469 e. The van der Waals surface area contributed by atoms with Crippen molar-refractivity contribution < 1.29 is 22.4 Å². The van der Waals surface area contributed by atoms with Gasteiger partial charge in [-0.05, 0) is 51.1 Å². The maximum atomic E-state index is 12.3. The Kier molecular flexibility index (Phi) is 6.88. The number of benzene rings is 1. The Balaban J connectivity index is 1.57. The molecule has 0 fully saturated rings. The predicted octanol–water partition coefficient (Wildman–Crippen LogP) is 3.16. The van der Waals surface area contributed by atoms with Crippen LogP contribution in [0.1, 0.15) is 35.7 Å². The van der Waals surface area contributed by atoms with Crippen molar-refractivity contribution in [2.24, 2.45) is 0 Å². The molecular formula is C20H22N4O5S2. The number of hydrogen-bond donors (Lipinski definition) is 3. The molecule has 0 aliphatic carbocycles. The molecule has 1 aromatic carbocycles. The molecule has 3 N–H and O–H groups in total. The standard InChI is InChI=1S/C20H22N4O5S2/c1-12(2)24-31(27,28)16-6-4-14(5-7-16)21-18(25)10-15-11-30-20(22-15)23-19(26)17-8-9-29-13(17)3/h4-9,11-12,24H,10H2,1-3H3,(H,21,25)(H,22,23,26). The Labute approximate surface area is 183 Å². The molecule has 2 amide bonds. The second-order valence-electron chi connectivity index (χ2n) is 7.01. The molecule has 0 saturated carbocycles. The molecule has 31 heavy (non-hydrogen) atoms. The van der Waals surface area contributed by atoms with Gasteiger partial charge in [0.25, 0.3) is 5.91 Å². The number of furan rings is 1. The number of anilines is 2. The molecule has 0 atom stereocenters. The molecule has 9 nitrogen and oxygen atoms in total. The average molecular weight is 463 g/mol. The number of carbonyl (C=O) groups is 2. The van der Waals surface area contributed by atoms with Gasteiger partial charge >= 0.3 is 0 Å². The lowest BCUT2D eigenvalue weighted by molar-refractivity contribution is -0.115. The molecule has 164 valence electrons. The normalized spacial score (nSPS) is 11.5. The van der Waals surface area contributed by atoms with E-state index in [2.05, 4.69) is 20.3 Å². The van der Waals surface area contributed by atoms with Crippen LogP contribution >= 0.6 is 11.3 Å². The summed E-state index contributed by atoms with van der Waals surface area (Å²) < 4.78 is 31.9. The molecule has 0 spiro atoms. The Morgan fingerprint density at radius 3 is 2.45 bits per heavy atom. The van der Waals surface area contributed by atoms with Crippen molar-refractivity contribution in [3.63, 3.8) is 0 Å². The fourth-order valence-electron chi connectivity index (χ4n) is 2.70. The summed E-state index contributed by atoms with van der Waals surface area (Å²) in [5.41, 5.74) is 1.39. The second kappa shape index (κ2) is 9.41. The van der Waals surface area contributed by atoms with Crippen molar-refractivity contribution in [3.05, 3.63) is 59.0 Å². The highest BCUT2D eigenvalue weighted by atomic mass is 32.2. The molecule has 2 aromatic heterocycles. The summed E-state index contributed by atoms with van der Waals surface area (Å²) in [7, 11) is -3.59. The number of aryl methyl sites for hydroxylation is 1. The van der Waals surface area contributed by atoms with E-state index in [1.165, 1.54) is 41.9 Å². The van der Waals surface area contributed by atoms with E-state index in [4.69, 9.17) is 4.42 Å². The number of rotatable bonds is 8. The molecule has 0 unspecified atom stereocenters. The van der Waals surface area contributed by atoms with Gasteiger partial charge in [-0.1, -0.05) is 0 Å². The smallest absolute Gasteiger partial charge is 0.260 e. The summed E-state index contributed by atoms with van der Waals surface area (Å²) in [6.45, 7) is 5.16. The molecule has 0 radical (unpaired) electrons. The fourth-order valence-corrected chi connectivity index (χ4v) is 4.65. The highest BCUT2D eigenvalue weighted by Crippen LogP contribution is 2.19. The number of sulfonamides is 1. The van der Waals surface area contributed by atoms with Gasteiger partial charge in [0, 0.05) is 17.1 Å². The monoisotopic (exact) mass is 462 g/mol. The summed E-state index contributed by atoms with van der Waals surface area (Å²) in [6, 6.07) is 7.24. The Bertz CT molecular complexity index is 1180. The van der Waals surface area contributed by atoms with Crippen molar-refractivity contribution in [2.75, 3.05) is 10.6 Å². The zero-order valence-corrected chi connectivity index (χ0v) is 18.8. The molecular weight excluding hydrogens is 440 g/mol. The van der Waals surface area contributed by atoms with Crippen LogP contribution in [0.5, 0.6) is 0 Å². The van der Waals surface area contributed by atoms with Crippen LogP contribution in [-0.2, 0) is 21.2 Å². The molecule has 0 aliphatic rings. The molecule has 0 bridgehead atoms. The zero-order chi connectivity index (χ0) is 22.6. The maximum absolute atomic E-state index is 12.3. The van der Waals surface area contributed by atoms with Crippen molar-refractivity contribution in [1.29, 1.82) is 0 Å². The van der Waals surface area contributed by atoms with Gasteiger partial charge in [-0.3, -0.25) is 14.9 Å². The Morgan fingerprint density at radius 1 is 1.13 bits per heavy atom. The largest absolute Gasteiger partial charge is 0.469 e. The number of thiazole rings is 1. The van der Waals surface area contributed by atoms with E-state index < -0.39 is 10.0 Å². The van der Waals surface area contributed by atoms with Crippen LogP contribution in [0.4, 0.5) is 10.8 Å². The molecule has 3 rings (SSSR count). The number of carbonyl (C=O) groups excluding carboxylic acids is 2. The number of nitrogens with one attached hydrogen (secondary N) is 3. The third-order valence-corrected chi connectivity index (χ3v) is 6.54. The van der Waals surface area contributed by atoms with Crippen LogP contribution in [0.3, 0.4) is 0 Å². The first-order valence-electron chi connectivity index (χ1n) is 9.36. The quantitative estimate of drug-likeness (QED) is 0.471. The van der Waals surface area contributed by atoms with Crippen LogP contribution in [0.25, 0.3) is 0 Å². The van der Waals surface area contributed by atoms with Gasteiger partial charge in [0.05, 0.1) is 28.8 Å². The van der Waals surface area contributed by atoms with Crippen LogP contribution < -0.4 is 15.4 Å². The molecule has 0 saturated heterocycles. The van der Waals surface area contributed by atoms with Gasteiger partial charge in [-0.25, -0.2) is 18.1 Å². The van der Waals surface area contributed by atoms with E-state index in [0.29, 0.717) is 27.8 Å². The Hall–Kier alpha value is -3.02. The topological polar surface area (TPSA) is 130 Å². The molecule has 0 aliphatic heterocycles. The first kappa shape index (κ1) is 22.7. The van der Waals surface area contributed by atoms with Crippen molar-refractivity contribution >= 4 is 44.0 Å². The molecule has 3 aromatic rings. The third-order valence-electron chi connectivity index (χ3n) is 4.06. The number of hydrogen-bond acceptors (Lipinski definition) is 7. The summed E-state index contributed by atoms with van der Waals surface area (Å²) >= 11 is 1.21. The molecule has 2 heterocycles. The first-order chi connectivity index (χ1) is 14.6. The second-order valence-corrected chi connectivity index (χ2v) is 9.59. The fraction of sp³-hybridized carbons (Fsp3) is 0.250. The van der Waals surface area contributed by atoms with Crippen LogP contribution in [0, 0.1) is 6.92 Å². The van der Waals surface area contributed by atoms with Gasteiger partial charge in [-0.2, -0.15) is 0 Å². The van der Waals surface area contributed by atoms with Crippen LogP contribution in [0.2, 0.25) is 0 Å². The van der Waals surface area contributed by atoms with E-state index in [0.717, 1.165) is 0 Å². The zero-order valence-electron chi connectivity index (χ0n) is 17.1. The van der Waals surface area contributed by atoms with Gasteiger partial charge < -0.3 is 9.73 Å². The van der Waals surface area contributed by atoms with Gasteiger partial charge in [0.2, 0.25) is 15.9 Å². The minimum atomic E-state index is -3.59. The van der Waals surface area contributed by atoms with Gasteiger partial charge in [-0.15, -0.1) is 11.3 Å². The van der Waals surface area contributed by atoms with Crippen molar-refractivity contribution in [2.45, 2.75) is 38.1 Å². The number of nitrogens with zero attached hydrogens (tertiary/aromatic N) is 1. The first-order valence-corrected chi connectivity index (χ1v) is 11.7. The SMILES string of the molecule is Cc1occc1C(=O)Nc1nc(CC(=O)Nc2ccc(S(=O)(=O)NC(C)C)cc2)cs1. The highest BCUT2D eigenvalue weighted by molar-refractivity contribution is 7.89. The summed E-state index contributed by atoms with van der Waals surface area (Å²) in [6.07, 6.45) is 1.44. The maximum Gasteiger partial charge on any atom is 0.260 e. The number of aromatic nitrogens is 1. The van der Waals surface area contributed by atoms with Crippen LogP contribution in [-0.4, -0.2) is 31.3 Å². The van der Waals surface area contributed by atoms with Gasteiger partial charge in [0.15, 0.2) is 5.13 Å². The highest BCUT2D eigenvalue weighted by Gasteiger charge is 2.16. The Morgan fingerprint density at radius 2 is 1.84 bits per heavy atom. The third kappa shape index (κ3) is 6.00. The van der Waals surface area contributed by atoms with Crippen molar-refractivity contribution in [3.8, 4) is 0 Å². The summed E-state index contributed by atoms with van der Waals surface area (Å²) in [5.74, 6) is -0.143. The van der Waals surface area contributed by atoms with Crippen LogP contribution in [0.15, 0.2) is 51.3 Å². The summed E-state index contributed by atoms with van der Waals surface area (Å²) in [4.78, 5) is 28.9. The number of amides is 2. The van der Waals surface area contributed by atoms with E-state index in [-0.39, 0.29) is 29.2 Å². The lowest BCUT2D eigenvalue weighted by atomic mass is 10.2. The van der Waals surface area contributed by atoms with Gasteiger partial charge in [0.1, 0.15) is 5.76 Å². The lowest BCUT2D eigenvalue weighted by Crippen LogP contribution is -2.30. The molecule has 11 heteroatoms. The minimum absolute atomic E-state index is 0.00602. The van der Waals surface area contributed by atoms with E-state index >= 15 is 0 Å². The van der Waals surface area contributed by atoms with E-state index in [1.807, 2.05) is 0 Å². The predicted molar refractivity (Wildman–Crippen MR) is 118 cm³/mol. The average Bonchev–Trinajstić information content (AvgIpc) is 3.29. The summed E-state index contributed by atoms with van der Waals surface area (Å²) in [5, 5.41) is 7.44. The van der Waals surface area contributed by atoms with E-state index in [9.17, 15) is 18.0 Å². The lowest BCUT2D eigenvalue weighted by Gasteiger charge is -2.10. The van der Waals surface area contributed by atoms with E-state index in [1.54, 1.807) is 32.2 Å².